The van der Waals surface area contributed by atoms with Crippen LogP contribution in [-0.4, -0.2) is 36.6 Å². The van der Waals surface area contributed by atoms with Crippen molar-refractivity contribution in [1.82, 2.24) is 0 Å². The molecule has 0 aromatic heterocycles. The summed E-state index contributed by atoms with van der Waals surface area (Å²) in [4.78, 5) is 0. The van der Waals surface area contributed by atoms with Crippen molar-refractivity contribution in [3.8, 4) is 0 Å². The van der Waals surface area contributed by atoms with Crippen LogP contribution in [0.15, 0.2) is 0 Å². The molecular formula is CH6BLiO6S. The van der Waals surface area contributed by atoms with Crippen LogP contribution >= 0.6 is 0 Å². The van der Waals surface area contributed by atoms with E-state index >= 15 is 0 Å². The van der Waals surface area contributed by atoms with Gasteiger partial charge in [0.25, 0.3) is 10.1 Å². The van der Waals surface area contributed by atoms with E-state index in [9.17, 15) is 8.42 Å². The number of rotatable bonds is 0. The molecule has 0 heterocycles. The summed E-state index contributed by atoms with van der Waals surface area (Å²) in [5, 5.41) is 22.8. The predicted octanol–water partition coefficient (Wildman–Crippen LogP) is -6.18. The summed E-state index contributed by atoms with van der Waals surface area (Å²) in [6, 6.07) is 0. The molecule has 0 aliphatic rings. The van der Waals surface area contributed by atoms with Gasteiger partial charge >= 0.3 is 26.2 Å². The molecule has 0 aliphatic carbocycles. The monoisotopic (exact) mass is 164 g/mol. The van der Waals surface area contributed by atoms with Crippen LogP contribution in [0.4, 0.5) is 0 Å². The van der Waals surface area contributed by atoms with Crippen LogP contribution in [-0.2, 0) is 10.1 Å². The van der Waals surface area contributed by atoms with E-state index in [0.717, 1.165) is 0 Å². The van der Waals surface area contributed by atoms with Crippen molar-refractivity contribution >= 4 is 17.4 Å². The van der Waals surface area contributed by atoms with Gasteiger partial charge in [-0.15, -0.1) is 0 Å². The Bertz CT molecular complexity index is 129. The molecule has 3 N–H and O–H groups in total. The van der Waals surface area contributed by atoms with E-state index in [2.05, 4.69) is 0 Å². The van der Waals surface area contributed by atoms with Gasteiger partial charge in [-0.2, -0.15) is 8.42 Å². The summed E-state index contributed by atoms with van der Waals surface area (Å²) in [5.41, 5.74) is 0. The first-order valence-electron chi connectivity index (χ1n) is 1.68. The second-order valence-electron chi connectivity index (χ2n) is 1.06. The Hall–Kier alpha value is 0.452. The van der Waals surface area contributed by atoms with Crippen LogP contribution < -0.4 is 23.9 Å². The Morgan fingerprint density at radius 3 is 1.40 bits per heavy atom. The standard InChI is InChI=1S/CH4O3S.BH2O3.Li/c1-5(2,3)4;2-1(3)4;/h1H3,(H,2,3,4);2-3H;/q;-1;+1. The molecule has 0 aromatic carbocycles. The molecule has 0 saturated carbocycles. The fourth-order valence-electron chi connectivity index (χ4n) is 0. The van der Waals surface area contributed by atoms with E-state index in [1.54, 1.807) is 0 Å². The minimum atomic E-state index is -3.67. The van der Waals surface area contributed by atoms with Crippen molar-refractivity contribution < 1.29 is 46.9 Å². The second kappa shape index (κ2) is 7.56. The molecule has 0 fully saturated rings. The van der Waals surface area contributed by atoms with E-state index in [-0.39, 0.29) is 18.9 Å². The van der Waals surface area contributed by atoms with Crippen LogP contribution in [0, 0.1) is 0 Å². The number of hydrogen-bond donors (Lipinski definition) is 3. The molecule has 6 nitrogen and oxygen atoms in total. The fraction of sp³-hybridized carbons (Fsp3) is 1.00. The summed E-state index contributed by atoms with van der Waals surface area (Å²) in [6.07, 6.45) is 0.715. The third-order valence-electron chi connectivity index (χ3n) is 0. The fourth-order valence-corrected chi connectivity index (χ4v) is 0. The molecule has 0 saturated heterocycles. The molecule has 0 bridgehead atoms. The summed E-state index contributed by atoms with van der Waals surface area (Å²) in [7, 11) is -6.08. The molecule has 0 rings (SSSR count). The third-order valence-corrected chi connectivity index (χ3v) is 0. The topological polar surface area (TPSA) is 118 Å². The Morgan fingerprint density at radius 1 is 1.40 bits per heavy atom. The SMILES string of the molecule is CS(=O)(=O)O.[Li+].[O-]B(O)O. The number of hydrogen-bond acceptors (Lipinski definition) is 5. The van der Waals surface area contributed by atoms with Crippen LogP contribution in [0.1, 0.15) is 0 Å². The maximum Gasteiger partial charge on any atom is 1.00 e. The van der Waals surface area contributed by atoms with E-state index < -0.39 is 17.4 Å². The Kier molecular flexibility index (Phi) is 12.7. The van der Waals surface area contributed by atoms with Crippen LogP contribution in [0.3, 0.4) is 0 Å². The normalized spacial score (nSPS) is 8.50. The molecule has 0 spiro atoms. The maximum absolute atomic E-state index is 9.19. The first-order valence-corrected chi connectivity index (χ1v) is 3.52. The molecule has 0 radical (unpaired) electrons. The van der Waals surface area contributed by atoms with Crippen LogP contribution in [0.2, 0.25) is 0 Å². The molecule has 0 atom stereocenters. The van der Waals surface area contributed by atoms with E-state index in [4.69, 9.17) is 19.6 Å². The molecule has 0 unspecified atom stereocenters. The molecule has 10 heavy (non-hydrogen) atoms. The minimum Gasteiger partial charge on any atom is -0.832 e. The Morgan fingerprint density at radius 2 is 1.40 bits per heavy atom. The average molecular weight is 164 g/mol. The van der Waals surface area contributed by atoms with Gasteiger partial charge in [0, 0.05) is 0 Å². The quantitative estimate of drug-likeness (QED) is 0.242. The molecule has 9 heteroatoms. The van der Waals surface area contributed by atoms with Gasteiger partial charge in [-0.05, 0) is 0 Å². The Balaban J connectivity index is -0.0000000910. The Labute approximate surface area is 71.0 Å². The average Bonchev–Trinajstić information content (AvgIpc) is 1.19. The van der Waals surface area contributed by atoms with Gasteiger partial charge in [-0.1, -0.05) is 0 Å². The van der Waals surface area contributed by atoms with E-state index in [1.807, 2.05) is 0 Å². The van der Waals surface area contributed by atoms with Crippen LogP contribution in [0.25, 0.3) is 0 Å². The molecule has 0 aromatic rings. The zero-order valence-corrected chi connectivity index (χ0v) is 6.37. The third kappa shape index (κ3) is 2290. The van der Waals surface area contributed by atoms with Crippen LogP contribution in [0.5, 0.6) is 0 Å². The zero-order valence-electron chi connectivity index (χ0n) is 5.55. The first kappa shape index (κ1) is 16.8. The molecule has 56 valence electrons. The van der Waals surface area contributed by atoms with Crippen molar-refractivity contribution in [1.29, 1.82) is 0 Å². The van der Waals surface area contributed by atoms with Gasteiger partial charge in [0.05, 0.1) is 6.26 Å². The van der Waals surface area contributed by atoms with Crippen molar-refractivity contribution in [3.63, 3.8) is 0 Å². The summed E-state index contributed by atoms with van der Waals surface area (Å²) >= 11 is 0. The van der Waals surface area contributed by atoms with Crippen molar-refractivity contribution in [2.24, 2.45) is 0 Å². The maximum atomic E-state index is 9.19. The summed E-state index contributed by atoms with van der Waals surface area (Å²) in [5.74, 6) is 0. The summed E-state index contributed by atoms with van der Waals surface area (Å²) < 4.78 is 25.9. The second-order valence-corrected chi connectivity index (χ2v) is 2.53. The van der Waals surface area contributed by atoms with Gasteiger partial charge < -0.3 is 15.1 Å². The minimum absolute atomic E-state index is 0. The van der Waals surface area contributed by atoms with E-state index in [0.29, 0.717) is 6.26 Å². The van der Waals surface area contributed by atoms with Gasteiger partial charge in [-0.3, -0.25) is 4.55 Å². The predicted molar refractivity (Wildman–Crippen MR) is 27.7 cm³/mol. The van der Waals surface area contributed by atoms with Gasteiger partial charge in [0.1, 0.15) is 0 Å². The largest absolute Gasteiger partial charge is 1.00 e. The van der Waals surface area contributed by atoms with Crippen molar-refractivity contribution in [3.05, 3.63) is 0 Å². The molecule has 0 amide bonds. The van der Waals surface area contributed by atoms with Gasteiger partial charge in [-0.25, -0.2) is 0 Å². The molecule has 0 aliphatic heterocycles. The smallest absolute Gasteiger partial charge is 0.832 e. The van der Waals surface area contributed by atoms with Crippen molar-refractivity contribution in [2.75, 3.05) is 6.26 Å². The van der Waals surface area contributed by atoms with Crippen molar-refractivity contribution in [2.45, 2.75) is 0 Å². The summed E-state index contributed by atoms with van der Waals surface area (Å²) in [6.45, 7) is 0. The molecular weight excluding hydrogens is 158 g/mol. The first-order chi connectivity index (χ1) is 3.73. The zero-order chi connectivity index (χ0) is 8.08. The van der Waals surface area contributed by atoms with Gasteiger partial charge in [0.15, 0.2) is 0 Å². The van der Waals surface area contributed by atoms with Gasteiger partial charge in [0.2, 0.25) is 0 Å². The van der Waals surface area contributed by atoms with E-state index in [1.165, 1.54) is 0 Å².